The number of nitrogens with zero attached hydrogens (tertiary/aromatic N) is 2. The Balaban J connectivity index is 2.08. The van der Waals surface area contributed by atoms with E-state index in [1.54, 1.807) is 12.3 Å². The van der Waals surface area contributed by atoms with Gasteiger partial charge in [0.25, 0.3) is 0 Å². The number of carbonyl (C=O) groups excluding carboxylic acids is 1. The smallest absolute Gasteiger partial charge is 0.223 e. The molecule has 0 aromatic carbocycles. The predicted molar refractivity (Wildman–Crippen MR) is 68.1 cm³/mol. The number of aromatic nitrogens is 1. The number of hydrogen-bond acceptors (Lipinski definition) is 2. The average Bonchev–Trinajstić information content (AvgIpc) is 2.64. The van der Waals surface area contributed by atoms with Crippen molar-refractivity contribution in [2.24, 2.45) is 5.92 Å². The van der Waals surface area contributed by atoms with Gasteiger partial charge in [-0.2, -0.15) is 0 Å². The molecule has 0 saturated carbocycles. The normalized spacial score (nSPS) is 20.1. The zero-order valence-corrected chi connectivity index (χ0v) is 11.1. The van der Waals surface area contributed by atoms with Gasteiger partial charge in [-0.05, 0) is 12.0 Å². The molecule has 1 atom stereocenters. The second-order valence-electron chi connectivity index (χ2n) is 4.35. The number of pyridine rings is 1. The van der Waals surface area contributed by atoms with Gasteiger partial charge in [-0.3, -0.25) is 4.79 Å². The minimum atomic E-state index is 0.197. The maximum absolute atomic E-state index is 11.8. The van der Waals surface area contributed by atoms with Crippen molar-refractivity contribution in [1.29, 1.82) is 0 Å². The Morgan fingerprint density at radius 1 is 1.53 bits per heavy atom. The highest BCUT2D eigenvalue weighted by atomic mass is 35.5. The first-order valence-electron chi connectivity index (χ1n) is 5.67. The fraction of sp³-hybridized carbons (Fsp3) is 0.500. The fourth-order valence-corrected chi connectivity index (χ4v) is 2.46. The Hall–Kier alpha value is -0.800. The van der Waals surface area contributed by atoms with Gasteiger partial charge in [-0.1, -0.05) is 36.5 Å². The first kappa shape index (κ1) is 12.7. The average molecular weight is 273 g/mol. The molecule has 2 heterocycles. The molecule has 1 unspecified atom stereocenters. The number of halogens is 2. The third kappa shape index (κ3) is 2.90. The highest BCUT2D eigenvalue weighted by molar-refractivity contribution is 6.34. The highest BCUT2D eigenvalue weighted by Crippen LogP contribution is 2.25. The Morgan fingerprint density at radius 2 is 2.29 bits per heavy atom. The standard InChI is InChI=1S/C12H14Cl2N2O/c1-2-8-3-12(17)16(6-8)7-9-5-15-11(14)4-10(9)13/h4-5,8H,2-3,6-7H2,1H3. The SMILES string of the molecule is CCC1CC(=O)N(Cc2cnc(Cl)cc2Cl)C1. The van der Waals surface area contributed by atoms with Crippen LogP contribution in [0.4, 0.5) is 0 Å². The van der Waals surface area contributed by atoms with E-state index in [9.17, 15) is 4.79 Å². The molecule has 1 amide bonds. The number of likely N-dealkylation sites (tertiary alicyclic amines) is 1. The molecule has 0 spiro atoms. The molecule has 0 radical (unpaired) electrons. The monoisotopic (exact) mass is 272 g/mol. The molecule has 1 aromatic heterocycles. The summed E-state index contributed by atoms with van der Waals surface area (Å²) in [6.45, 7) is 3.45. The van der Waals surface area contributed by atoms with Crippen LogP contribution in [0.5, 0.6) is 0 Å². The second kappa shape index (κ2) is 5.23. The van der Waals surface area contributed by atoms with E-state index in [0.717, 1.165) is 18.5 Å². The van der Waals surface area contributed by atoms with Crippen LogP contribution >= 0.6 is 23.2 Å². The van der Waals surface area contributed by atoms with E-state index in [0.29, 0.717) is 29.1 Å². The van der Waals surface area contributed by atoms with Crippen molar-refractivity contribution in [1.82, 2.24) is 9.88 Å². The second-order valence-corrected chi connectivity index (χ2v) is 5.15. The molecule has 1 aliphatic rings. The largest absolute Gasteiger partial charge is 0.338 e. The van der Waals surface area contributed by atoms with E-state index >= 15 is 0 Å². The zero-order chi connectivity index (χ0) is 12.4. The van der Waals surface area contributed by atoms with E-state index < -0.39 is 0 Å². The summed E-state index contributed by atoms with van der Waals surface area (Å²) in [6.07, 6.45) is 3.32. The van der Waals surface area contributed by atoms with Gasteiger partial charge in [0.15, 0.2) is 0 Å². The van der Waals surface area contributed by atoms with Gasteiger partial charge >= 0.3 is 0 Å². The van der Waals surface area contributed by atoms with Crippen molar-refractivity contribution >= 4 is 29.1 Å². The van der Waals surface area contributed by atoms with Gasteiger partial charge in [0.05, 0.1) is 5.02 Å². The molecular weight excluding hydrogens is 259 g/mol. The van der Waals surface area contributed by atoms with Crippen LogP contribution in [0, 0.1) is 5.92 Å². The fourth-order valence-electron chi connectivity index (χ4n) is 2.04. The summed E-state index contributed by atoms with van der Waals surface area (Å²) in [4.78, 5) is 17.6. The molecule has 5 heteroatoms. The van der Waals surface area contributed by atoms with Crippen molar-refractivity contribution in [3.63, 3.8) is 0 Å². The van der Waals surface area contributed by atoms with Gasteiger partial charge in [0, 0.05) is 31.3 Å². The maximum Gasteiger partial charge on any atom is 0.223 e. The maximum atomic E-state index is 11.8. The lowest BCUT2D eigenvalue weighted by atomic mass is 10.1. The zero-order valence-electron chi connectivity index (χ0n) is 9.62. The molecule has 1 fully saturated rings. The molecule has 0 bridgehead atoms. The van der Waals surface area contributed by atoms with Crippen molar-refractivity contribution in [3.8, 4) is 0 Å². The van der Waals surface area contributed by atoms with E-state index in [4.69, 9.17) is 23.2 Å². The van der Waals surface area contributed by atoms with Gasteiger partial charge in [-0.25, -0.2) is 4.98 Å². The lowest BCUT2D eigenvalue weighted by molar-refractivity contribution is -0.128. The summed E-state index contributed by atoms with van der Waals surface area (Å²) in [5.74, 6) is 0.671. The summed E-state index contributed by atoms with van der Waals surface area (Å²) >= 11 is 11.8. The minimum absolute atomic E-state index is 0.197. The Labute approximate surface area is 111 Å². The summed E-state index contributed by atoms with van der Waals surface area (Å²) in [6, 6.07) is 1.61. The van der Waals surface area contributed by atoms with Gasteiger partial charge in [-0.15, -0.1) is 0 Å². The highest BCUT2D eigenvalue weighted by Gasteiger charge is 2.28. The van der Waals surface area contributed by atoms with Crippen LogP contribution in [0.15, 0.2) is 12.3 Å². The topological polar surface area (TPSA) is 33.2 Å². The number of carbonyl (C=O) groups is 1. The van der Waals surface area contributed by atoms with Crippen LogP contribution in [0.2, 0.25) is 10.2 Å². The molecule has 1 aromatic rings. The van der Waals surface area contributed by atoms with Crippen LogP contribution < -0.4 is 0 Å². The number of hydrogen-bond donors (Lipinski definition) is 0. The molecule has 1 saturated heterocycles. The number of amides is 1. The molecule has 0 N–H and O–H groups in total. The van der Waals surface area contributed by atoms with Crippen molar-refractivity contribution < 1.29 is 4.79 Å². The lowest BCUT2D eigenvalue weighted by Crippen LogP contribution is -2.24. The van der Waals surface area contributed by atoms with Gasteiger partial charge in [0.2, 0.25) is 5.91 Å². The predicted octanol–water partition coefficient (Wildman–Crippen LogP) is 3.15. The summed E-state index contributed by atoms with van der Waals surface area (Å²) in [5, 5.41) is 0.940. The molecular formula is C12H14Cl2N2O. The lowest BCUT2D eigenvalue weighted by Gasteiger charge is -2.17. The van der Waals surface area contributed by atoms with E-state index in [2.05, 4.69) is 11.9 Å². The van der Waals surface area contributed by atoms with E-state index in [1.807, 2.05) is 4.90 Å². The van der Waals surface area contributed by atoms with E-state index in [1.165, 1.54) is 0 Å². The van der Waals surface area contributed by atoms with E-state index in [-0.39, 0.29) is 5.91 Å². The van der Waals surface area contributed by atoms with Crippen LogP contribution in [-0.4, -0.2) is 22.3 Å². The van der Waals surface area contributed by atoms with Crippen LogP contribution in [-0.2, 0) is 11.3 Å². The molecule has 0 aliphatic carbocycles. The van der Waals surface area contributed by atoms with Crippen LogP contribution in [0.3, 0.4) is 0 Å². The van der Waals surface area contributed by atoms with Crippen LogP contribution in [0.25, 0.3) is 0 Å². The quantitative estimate of drug-likeness (QED) is 0.792. The van der Waals surface area contributed by atoms with Crippen LogP contribution in [0.1, 0.15) is 25.3 Å². The molecule has 92 valence electrons. The van der Waals surface area contributed by atoms with Crippen molar-refractivity contribution in [2.75, 3.05) is 6.54 Å². The molecule has 2 rings (SSSR count). The summed E-state index contributed by atoms with van der Waals surface area (Å²) in [5.41, 5.74) is 0.848. The Kier molecular flexibility index (Phi) is 3.89. The summed E-state index contributed by atoms with van der Waals surface area (Å²) < 4.78 is 0. The van der Waals surface area contributed by atoms with Gasteiger partial charge in [0.1, 0.15) is 5.15 Å². The molecule has 17 heavy (non-hydrogen) atoms. The molecule has 3 nitrogen and oxygen atoms in total. The number of rotatable bonds is 3. The first-order chi connectivity index (χ1) is 8.10. The third-order valence-corrected chi connectivity index (χ3v) is 3.69. The first-order valence-corrected chi connectivity index (χ1v) is 6.43. The Morgan fingerprint density at radius 3 is 2.88 bits per heavy atom. The summed E-state index contributed by atoms with van der Waals surface area (Å²) in [7, 11) is 0. The van der Waals surface area contributed by atoms with Gasteiger partial charge < -0.3 is 4.90 Å². The third-order valence-electron chi connectivity index (χ3n) is 3.13. The van der Waals surface area contributed by atoms with Crippen molar-refractivity contribution in [3.05, 3.63) is 28.0 Å². The van der Waals surface area contributed by atoms with Crippen molar-refractivity contribution in [2.45, 2.75) is 26.3 Å². The minimum Gasteiger partial charge on any atom is -0.338 e. The Bertz CT molecular complexity index is 437. The molecule has 1 aliphatic heterocycles.